The van der Waals surface area contributed by atoms with Crippen LogP contribution in [-0.2, 0) is 4.79 Å². The molecule has 3 heteroatoms. The van der Waals surface area contributed by atoms with Crippen LogP contribution in [0.15, 0.2) is 36.9 Å². The van der Waals surface area contributed by atoms with Gasteiger partial charge in [-0.25, -0.2) is 0 Å². The van der Waals surface area contributed by atoms with Crippen LogP contribution in [-0.4, -0.2) is 11.1 Å². The van der Waals surface area contributed by atoms with Crippen molar-refractivity contribution in [3.8, 4) is 0 Å². The van der Waals surface area contributed by atoms with Crippen molar-refractivity contribution in [1.82, 2.24) is 0 Å². The predicted molar refractivity (Wildman–Crippen MR) is 52.0 cm³/mol. The lowest BCUT2D eigenvalue weighted by Crippen LogP contribution is -2.08. The number of carbonyl (C=O) groups is 1. The zero-order valence-electron chi connectivity index (χ0n) is 6.90. The minimum Gasteiger partial charge on any atom is -0.481 e. The Hall–Kier alpha value is -1.28. The van der Waals surface area contributed by atoms with Gasteiger partial charge >= 0.3 is 5.97 Å². The first-order chi connectivity index (χ1) is 6.16. The van der Waals surface area contributed by atoms with E-state index in [-0.39, 0.29) is 0 Å². The molecule has 2 nitrogen and oxygen atoms in total. The maximum atomic E-state index is 10.8. The number of hydrogen-bond donors (Lipinski definition) is 1. The third-order valence-electron chi connectivity index (χ3n) is 1.74. The predicted octanol–water partition coefficient (Wildman–Crippen LogP) is 2.69. The molecule has 1 aromatic carbocycles. The average Bonchev–Trinajstić information content (AvgIpc) is 2.09. The van der Waals surface area contributed by atoms with Crippen LogP contribution in [0.1, 0.15) is 11.5 Å². The molecule has 0 amide bonds. The molecule has 0 spiro atoms. The summed E-state index contributed by atoms with van der Waals surface area (Å²) < 4.78 is 0. The van der Waals surface area contributed by atoms with Crippen LogP contribution < -0.4 is 0 Å². The molecular weight excluding hydrogens is 188 g/mol. The van der Waals surface area contributed by atoms with Crippen LogP contribution >= 0.6 is 11.6 Å². The Morgan fingerprint density at radius 3 is 2.62 bits per heavy atom. The largest absolute Gasteiger partial charge is 0.481 e. The second-order valence-electron chi connectivity index (χ2n) is 2.57. The van der Waals surface area contributed by atoms with E-state index < -0.39 is 11.9 Å². The highest BCUT2D eigenvalue weighted by molar-refractivity contribution is 6.31. The molecule has 68 valence electrons. The lowest BCUT2D eigenvalue weighted by atomic mass is 10.00. The summed E-state index contributed by atoms with van der Waals surface area (Å²) in [5.41, 5.74) is 0.576. The summed E-state index contributed by atoms with van der Waals surface area (Å²) >= 11 is 5.83. The van der Waals surface area contributed by atoms with Gasteiger partial charge in [0.25, 0.3) is 0 Å². The summed E-state index contributed by atoms with van der Waals surface area (Å²) in [6.07, 6.45) is 1.36. The van der Waals surface area contributed by atoms with Crippen LogP contribution in [0.4, 0.5) is 0 Å². The molecule has 0 heterocycles. The van der Waals surface area contributed by atoms with Gasteiger partial charge in [-0.3, -0.25) is 4.79 Å². The Kier molecular flexibility index (Phi) is 3.09. The highest BCUT2D eigenvalue weighted by atomic mass is 35.5. The van der Waals surface area contributed by atoms with E-state index in [4.69, 9.17) is 16.7 Å². The molecule has 0 bridgehead atoms. The maximum Gasteiger partial charge on any atom is 0.314 e. The second kappa shape index (κ2) is 4.10. The molecule has 0 aliphatic carbocycles. The zero-order chi connectivity index (χ0) is 9.84. The number of halogens is 1. The summed E-state index contributed by atoms with van der Waals surface area (Å²) in [7, 11) is 0. The third kappa shape index (κ3) is 2.10. The molecule has 0 radical (unpaired) electrons. The lowest BCUT2D eigenvalue weighted by molar-refractivity contribution is -0.137. The van der Waals surface area contributed by atoms with E-state index in [1.807, 2.05) is 0 Å². The number of aliphatic carboxylic acids is 1. The van der Waals surface area contributed by atoms with Crippen molar-refractivity contribution in [1.29, 1.82) is 0 Å². The number of carboxylic acid groups (broad SMARTS) is 1. The van der Waals surface area contributed by atoms with Crippen LogP contribution in [0.25, 0.3) is 0 Å². The van der Waals surface area contributed by atoms with Crippen molar-refractivity contribution in [2.75, 3.05) is 0 Å². The number of hydrogen-bond acceptors (Lipinski definition) is 1. The van der Waals surface area contributed by atoms with E-state index >= 15 is 0 Å². The molecule has 1 atom stereocenters. The standard InChI is InChI=1S/C10H9ClO2/c1-2-7(10(12)13)8-5-3-4-6-9(8)11/h2-7H,1H2,(H,12,13)/t7-/m1/s1. The number of carboxylic acids is 1. The third-order valence-corrected chi connectivity index (χ3v) is 2.09. The quantitative estimate of drug-likeness (QED) is 0.755. The second-order valence-corrected chi connectivity index (χ2v) is 2.98. The summed E-state index contributed by atoms with van der Waals surface area (Å²) in [6, 6.07) is 6.85. The van der Waals surface area contributed by atoms with Crippen LogP contribution in [0, 0.1) is 0 Å². The monoisotopic (exact) mass is 196 g/mol. The maximum absolute atomic E-state index is 10.8. The molecule has 0 unspecified atom stereocenters. The first kappa shape index (κ1) is 9.81. The van der Waals surface area contributed by atoms with Gasteiger partial charge in [0, 0.05) is 5.02 Å². The summed E-state index contributed by atoms with van der Waals surface area (Å²) in [4.78, 5) is 10.8. The van der Waals surface area contributed by atoms with E-state index in [2.05, 4.69) is 6.58 Å². The minimum absolute atomic E-state index is 0.454. The van der Waals surface area contributed by atoms with Crippen LogP contribution in [0.5, 0.6) is 0 Å². The number of benzene rings is 1. The molecule has 0 saturated carbocycles. The Labute approximate surface area is 81.5 Å². The van der Waals surface area contributed by atoms with Gasteiger partial charge in [0.2, 0.25) is 0 Å². The zero-order valence-corrected chi connectivity index (χ0v) is 7.66. The molecule has 1 aromatic rings. The van der Waals surface area contributed by atoms with Gasteiger partial charge in [-0.05, 0) is 11.6 Å². The molecule has 1 rings (SSSR count). The molecule has 0 aliphatic rings. The molecule has 0 saturated heterocycles. The van der Waals surface area contributed by atoms with Gasteiger partial charge in [-0.1, -0.05) is 35.9 Å². The van der Waals surface area contributed by atoms with E-state index in [0.717, 1.165) is 0 Å². The van der Waals surface area contributed by atoms with Crippen molar-refractivity contribution < 1.29 is 9.90 Å². The van der Waals surface area contributed by atoms with Crippen molar-refractivity contribution in [3.63, 3.8) is 0 Å². The van der Waals surface area contributed by atoms with Crippen molar-refractivity contribution >= 4 is 17.6 Å². The molecule has 0 aromatic heterocycles. The van der Waals surface area contributed by atoms with Crippen molar-refractivity contribution in [2.24, 2.45) is 0 Å². The highest BCUT2D eigenvalue weighted by Crippen LogP contribution is 2.25. The summed E-state index contributed by atoms with van der Waals surface area (Å²) in [6.45, 7) is 3.46. The lowest BCUT2D eigenvalue weighted by Gasteiger charge is -2.08. The topological polar surface area (TPSA) is 37.3 Å². The van der Waals surface area contributed by atoms with Gasteiger partial charge < -0.3 is 5.11 Å². The summed E-state index contributed by atoms with van der Waals surface area (Å²) in [5, 5.41) is 9.27. The molecular formula is C10H9ClO2. The van der Waals surface area contributed by atoms with E-state index in [0.29, 0.717) is 10.6 Å². The van der Waals surface area contributed by atoms with Crippen molar-refractivity contribution in [2.45, 2.75) is 5.92 Å². The first-order valence-electron chi connectivity index (χ1n) is 3.76. The molecule has 0 aliphatic heterocycles. The molecule has 13 heavy (non-hydrogen) atoms. The Morgan fingerprint density at radius 1 is 1.54 bits per heavy atom. The normalized spacial score (nSPS) is 12.1. The first-order valence-corrected chi connectivity index (χ1v) is 4.14. The fraction of sp³-hybridized carbons (Fsp3) is 0.100. The highest BCUT2D eigenvalue weighted by Gasteiger charge is 2.17. The van der Waals surface area contributed by atoms with Crippen LogP contribution in [0.3, 0.4) is 0 Å². The fourth-order valence-electron chi connectivity index (χ4n) is 1.09. The smallest absolute Gasteiger partial charge is 0.314 e. The van der Waals surface area contributed by atoms with Gasteiger partial charge in [-0.15, -0.1) is 6.58 Å². The van der Waals surface area contributed by atoms with E-state index in [1.165, 1.54) is 6.08 Å². The fourth-order valence-corrected chi connectivity index (χ4v) is 1.34. The Balaban J connectivity index is 3.12. The van der Waals surface area contributed by atoms with Gasteiger partial charge in [-0.2, -0.15) is 0 Å². The minimum atomic E-state index is -0.942. The molecule has 1 N–H and O–H groups in total. The van der Waals surface area contributed by atoms with E-state index in [1.54, 1.807) is 24.3 Å². The van der Waals surface area contributed by atoms with E-state index in [9.17, 15) is 4.79 Å². The number of rotatable bonds is 3. The average molecular weight is 197 g/mol. The van der Waals surface area contributed by atoms with Crippen molar-refractivity contribution in [3.05, 3.63) is 47.5 Å². The van der Waals surface area contributed by atoms with Gasteiger partial charge in [0.05, 0.1) is 0 Å². The Bertz CT molecular complexity index is 333. The van der Waals surface area contributed by atoms with Gasteiger partial charge in [0.15, 0.2) is 0 Å². The SMILES string of the molecule is C=C[C@@H](C(=O)O)c1ccccc1Cl. The summed E-state index contributed by atoms with van der Waals surface area (Å²) in [5.74, 6) is -1.67. The Morgan fingerprint density at radius 2 is 2.15 bits per heavy atom. The van der Waals surface area contributed by atoms with Gasteiger partial charge in [0.1, 0.15) is 5.92 Å². The molecule has 0 fully saturated rings. The van der Waals surface area contributed by atoms with Crippen LogP contribution in [0.2, 0.25) is 5.02 Å².